The van der Waals surface area contributed by atoms with E-state index in [1.165, 1.54) is 10.9 Å². The molecule has 0 saturated carbocycles. The minimum absolute atomic E-state index is 0.0761. The standard InChI is InChI=1S/C13H16F3N5O4S/c1-3-7-6(2)9(25-26(22,23)13(14,15)16)12(24-7)21-5-20-8-10(17)18-4-19-11(8)21/h4-7,9,12H,3H2,1-2H3,(H2,17,18,19)/t6-,7-,9+,12-/m1/s1. The molecule has 2 aromatic rings. The van der Waals surface area contributed by atoms with Crippen LogP contribution in [0.5, 0.6) is 0 Å². The number of hydrogen-bond acceptors (Lipinski definition) is 8. The maximum Gasteiger partial charge on any atom is 0.523 e. The zero-order valence-corrected chi connectivity index (χ0v) is 14.5. The van der Waals surface area contributed by atoms with Crippen LogP contribution in [0.3, 0.4) is 0 Å². The third kappa shape index (κ3) is 2.99. The molecule has 2 N–H and O–H groups in total. The number of imidazole rings is 1. The number of rotatable bonds is 4. The molecule has 0 unspecified atom stereocenters. The molecule has 13 heteroatoms. The van der Waals surface area contributed by atoms with Crippen LogP contribution in [0.4, 0.5) is 19.0 Å². The first-order chi connectivity index (χ1) is 12.1. The van der Waals surface area contributed by atoms with Crippen molar-refractivity contribution in [3.63, 3.8) is 0 Å². The average molecular weight is 395 g/mol. The van der Waals surface area contributed by atoms with Crippen molar-refractivity contribution in [2.24, 2.45) is 5.92 Å². The van der Waals surface area contributed by atoms with E-state index < -0.39 is 40.0 Å². The van der Waals surface area contributed by atoms with Crippen LogP contribution in [0.25, 0.3) is 11.2 Å². The fourth-order valence-corrected chi connectivity index (χ4v) is 3.61. The summed E-state index contributed by atoms with van der Waals surface area (Å²) in [7, 11) is -5.80. The van der Waals surface area contributed by atoms with E-state index in [0.29, 0.717) is 6.42 Å². The summed E-state index contributed by atoms with van der Waals surface area (Å²) in [5.41, 5.74) is 0.584. The summed E-state index contributed by atoms with van der Waals surface area (Å²) >= 11 is 0. The Labute approximate surface area is 146 Å². The van der Waals surface area contributed by atoms with Gasteiger partial charge in [0.25, 0.3) is 0 Å². The molecule has 0 spiro atoms. The highest BCUT2D eigenvalue weighted by Gasteiger charge is 2.53. The van der Waals surface area contributed by atoms with Gasteiger partial charge in [0.15, 0.2) is 17.7 Å². The summed E-state index contributed by atoms with van der Waals surface area (Å²) in [6.45, 7) is 3.33. The summed E-state index contributed by atoms with van der Waals surface area (Å²) in [5.74, 6) is -0.550. The molecule has 1 aliphatic heterocycles. The van der Waals surface area contributed by atoms with Crippen LogP contribution in [0, 0.1) is 5.92 Å². The van der Waals surface area contributed by atoms with Gasteiger partial charge in [-0.3, -0.25) is 8.75 Å². The number of nitrogen functional groups attached to an aromatic ring is 1. The highest BCUT2D eigenvalue weighted by Crippen LogP contribution is 2.41. The van der Waals surface area contributed by atoms with Crippen molar-refractivity contribution in [1.82, 2.24) is 19.5 Å². The number of halogens is 3. The lowest BCUT2D eigenvalue weighted by atomic mass is 9.99. The summed E-state index contributed by atoms with van der Waals surface area (Å²) in [6, 6.07) is 0. The lowest BCUT2D eigenvalue weighted by molar-refractivity contribution is -0.0673. The SMILES string of the molecule is CC[C@H]1O[C@@H](n2cnc3c(N)ncnc32)[C@@H](OS(=O)(=O)C(F)(F)F)[C@@H]1C. The second-order valence-corrected chi connectivity index (χ2v) is 7.44. The first-order valence-corrected chi connectivity index (χ1v) is 9.05. The van der Waals surface area contributed by atoms with Crippen LogP contribution < -0.4 is 5.73 Å². The van der Waals surface area contributed by atoms with E-state index in [-0.39, 0.29) is 17.0 Å². The zero-order valence-electron chi connectivity index (χ0n) is 13.7. The van der Waals surface area contributed by atoms with Crippen molar-refractivity contribution in [3.8, 4) is 0 Å². The number of ether oxygens (including phenoxy) is 1. The molecule has 0 aliphatic carbocycles. The van der Waals surface area contributed by atoms with E-state index in [4.69, 9.17) is 10.5 Å². The third-order valence-corrected chi connectivity index (χ3v) is 5.33. The molecule has 0 amide bonds. The number of nitrogens with zero attached hydrogens (tertiary/aromatic N) is 4. The van der Waals surface area contributed by atoms with Crippen molar-refractivity contribution >= 4 is 27.1 Å². The smallest absolute Gasteiger partial charge is 0.382 e. The number of alkyl halides is 3. The van der Waals surface area contributed by atoms with E-state index >= 15 is 0 Å². The molecule has 26 heavy (non-hydrogen) atoms. The summed E-state index contributed by atoms with van der Waals surface area (Å²) in [6.07, 6.45) is -0.236. The fraction of sp³-hybridized carbons (Fsp3) is 0.615. The maximum absolute atomic E-state index is 12.8. The second-order valence-electron chi connectivity index (χ2n) is 5.88. The Morgan fingerprint density at radius 3 is 2.65 bits per heavy atom. The number of hydrogen-bond donors (Lipinski definition) is 1. The van der Waals surface area contributed by atoms with Gasteiger partial charge in [0.1, 0.15) is 17.9 Å². The van der Waals surface area contributed by atoms with Gasteiger partial charge in [-0.25, -0.2) is 15.0 Å². The van der Waals surface area contributed by atoms with E-state index in [9.17, 15) is 21.6 Å². The van der Waals surface area contributed by atoms with Crippen LogP contribution in [-0.2, 0) is 19.0 Å². The van der Waals surface area contributed by atoms with Crippen LogP contribution in [-0.4, -0.2) is 45.7 Å². The monoisotopic (exact) mass is 395 g/mol. The highest BCUT2D eigenvalue weighted by molar-refractivity contribution is 7.87. The molecule has 9 nitrogen and oxygen atoms in total. The van der Waals surface area contributed by atoms with E-state index in [1.54, 1.807) is 13.8 Å². The van der Waals surface area contributed by atoms with Crippen molar-refractivity contribution < 1.29 is 30.5 Å². The number of anilines is 1. The molecule has 1 saturated heterocycles. The first kappa shape index (κ1) is 18.8. The third-order valence-electron chi connectivity index (χ3n) is 4.28. The molecule has 0 bridgehead atoms. The number of fused-ring (bicyclic) bond motifs is 1. The topological polar surface area (TPSA) is 122 Å². The summed E-state index contributed by atoms with van der Waals surface area (Å²) < 4.78 is 72.9. The first-order valence-electron chi connectivity index (χ1n) is 7.64. The van der Waals surface area contributed by atoms with Gasteiger partial charge in [0, 0.05) is 5.92 Å². The Hall–Kier alpha value is -1.99. The number of aromatic nitrogens is 4. The predicted molar refractivity (Wildman–Crippen MR) is 82.9 cm³/mol. The molecule has 144 valence electrons. The van der Waals surface area contributed by atoms with E-state index in [1.807, 2.05) is 0 Å². The Kier molecular flexibility index (Phi) is 4.56. The van der Waals surface area contributed by atoms with Crippen molar-refractivity contribution in [3.05, 3.63) is 12.7 Å². The highest BCUT2D eigenvalue weighted by atomic mass is 32.2. The fourth-order valence-electron chi connectivity index (χ4n) is 2.94. The maximum atomic E-state index is 12.8. The van der Waals surface area contributed by atoms with E-state index in [2.05, 4.69) is 19.1 Å². The summed E-state index contributed by atoms with van der Waals surface area (Å²) in [5, 5.41) is 0. The van der Waals surface area contributed by atoms with Gasteiger partial charge in [0.2, 0.25) is 0 Å². The molecule has 3 rings (SSSR count). The molecular formula is C13H16F3N5O4S. The Balaban J connectivity index is 2.04. The van der Waals surface area contributed by atoms with Gasteiger partial charge in [-0.15, -0.1) is 0 Å². The van der Waals surface area contributed by atoms with Gasteiger partial charge < -0.3 is 10.5 Å². The molecular weight excluding hydrogens is 379 g/mol. The van der Waals surface area contributed by atoms with Gasteiger partial charge in [-0.05, 0) is 6.42 Å². The molecule has 2 aromatic heterocycles. The van der Waals surface area contributed by atoms with Crippen molar-refractivity contribution in [2.45, 2.75) is 44.2 Å². The van der Waals surface area contributed by atoms with Gasteiger partial charge in [-0.1, -0.05) is 13.8 Å². The Morgan fingerprint density at radius 2 is 2.04 bits per heavy atom. The quantitative estimate of drug-likeness (QED) is 0.612. The van der Waals surface area contributed by atoms with Gasteiger partial charge >= 0.3 is 15.6 Å². The van der Waals surface area contributed by atoms with Gasteiger partial charge in [-0.2, -0.15) is 21.6 Å². The molecule has 0 radical (unpaired) electrons. The number of nitrogens with two attached hydrogens (primary N) is 1. The van der Waals surface area contributed by atoms with Crippen LogP contribution >= 0.6 is 0 Å². The average Bonchev–Trinajstić information content (AvgIpc) is 3.09. The minimum atomic E-state index is -5.80. The van der Waals surface area contributed by atoms with Crippen molar-refractivity contribution in [2.75, 3.05) is 5.73 Å². The minimum Gasteiger partial charge on any atom is -0.382 e. The molecule has 4 atom stereocenters. The van der Waals surface area contributed by atoms with Crippen LogP contribution in [0.2, 0.25) is 0 Å². The largest absolute Gasteiger partial charge is 0.523 e. The molecule has 1 aliphatic rings. The molecule has 0 aromatic carbocycles. The predicted octanol–water partition coefficient (Wildman–Crippen LogP) is 1.59. The van der Waals surface area contributed by atoms with Crippen molar-refractivity contribution in [1.29, 1.82) is 0 Å². The van der Waals surface area contributed by atoms with Crippen LogP contribution in [0.15, 0.2) is 12.7 Å². The molecule has 3 heterocycles. The lowest BCUT2D eigenvalue weighted by Gasteiger charge is -2.22. The Bertz CT molecular complexity index is 916. The van der Waals surface area contributed by atoms with Crippen LogP contribution in [0.1, 0.15) is 26.5 Å². The zero-order chi connectivity index (χ0) is 19.3. The summed E-state index contributed by atoms with van der Waals surface area (Å²) in [4.78, 5) is 11.8. The second kappa shape index (κ2) is 6.32. The Morgan fingerprint density at radius 1 is 1.35 bits per heavy atom. The normalized spacial score (nSPS) is 27.3. The molecule has 1 fully saturated rings. The lowest BCUT2D eigenvalue weighted by Crippen LogP contribution is -2.35. The van der Waals surface area contributed by atoms with Gasteiger partial charge in [0.05, 0.1) is 12.4 Å². The van der Waals surface area contributed by atoms with E-state index in [0.717, 1.165) is 6.33 Å².